The topological polar surface area (TPSA) is 64.1 Å². The first-order valence-electron chi connectivity index (χ1n) is 7.96. The van der Waals surface area contributed by atoms with Gasteiger partial charge in [-0.05, 0) is 55.7 Å². The molecule has 4 rings (SSSR count). The van der Waals surface area contributed by atoms with Gasteiger partial charge in [0.2, 0.25) is 0 Å². The lowest BCUT2D eigenvalue weighted by molar-refractivity contribution is -0.124. The van der Waals surface area contributed by atoms with Gasteiger partial charge in [-0.25, -0.2) is 9.97 Å². The minimum atomic E-state index is -0.320. The number of hydrogen-bond donors (Lipinski definition) is 1. The van der Waals surface area contributed by atoms with Crippen LogP contribution in [0.4, 0.5) is 5.69 Å². The summed E-state index contributed by atoms with van der Waals surface area (Å²) >= 11 is 1.57. The van der Waals surface area contributed by atoms with E-state index < -0.39 is 0 Å². The second-order valence-electron chi connectivity index (χ2n) is 5.87. The molecule has 1 atom stereocenters. The second-order valence-corrected chi connectivity index (χ2v) is 6.84. The second kappa shape index (κ2) is 6.30. The van der Waals surface area contributed by atoms with Crippen molar-refractivity contribution >= 4 is 33.3 Å². The van der Waals surface area contributed by atoms with Crippen LogP contribution < -0.4 is 5.32 Å². The molecule has 1 N–H and O–H groups in total. The third-order valence-electron chi connectivity index (χ3n) is 4.12. The van der Waals surface area contributed by atoms with Gasteiger partial charge in [0.25, 0.3) is 5.91 Å². The van der Waals surface area contributed by atoms with Crippen molar-refractivity contribution in [2.75, 3.05) is 11.9 Å². The fraction of sp³-hybridized carbons (Fsp3) is 0.278. The predicted molar refractivity (Wildman–Crippen MR) is 95.2 cm³/mol. The Morgan fingerprint density at radius 2 is 2.29 bits per heavy atom. The van der Waals surface area contributed by atoms with Crippen LogP contribution in [-0.4, -0.2) is 28.6 Å². The maximum Gasteiger partial charge on any atom is 0.253 e. The largest absolute Gasteiger partial charge is 0.368 e. The van der Waals surface area contributed by atoms with E-state index in [1.165, 1.54) is 0 Å². The Bertz CT molecular complexity index is 867. The molecular formula is C18H17N3O2S. The number of carbonyl (C=O) groups is 1. The molecule has 5 nitrogen and oxygen atoms in total. The maximum absolute atomic E-state index is 12.2. The van der Waals surface area contributed by atoms with Crippen molar-refractivity contribution in [3.63, 3.8) is 0 Å². The molecule has 0 saturated carbocycles. The highest BCUT2D eigenvalue weighted by atomic mass is 32.1. The van der Waals surface area contributed by atoms with Gasteiger partial charge >= 0.3 is 0 Å². The molecule has 1 aromatic carbocycles. The highest BCUT2D eigenvalue weighted by Crippen LogP contribution is 2.31. The first-order chi connectivity index (χ1) is 11.7. The van der Waals surface area contributed by atoms with Crippen molar-refractivity contribution in [2.24, 2.45) is 0 Å². The zero-order valence-electron chi connectivity index (χ0n) is 13.3. The number of aromatic nitrogens is 2. The molecule has 2 aromatic heterocycles. The lowest BCUT2D eigenvalue weighted by Gasteiger charge is -2.13. The first-order valence-corrected chi connectivity index (χ1v) is 8.77. The van der Waals surface area contributed by atoms with E-state index in [4.69, 9.17) is 4.74 Å². The van der Waals surface area contributed by atoms with Crippen molar-refractivity contribution < 1.29 is 9.53 Å². The molecule has 3 heterocycles. The minimum absolute atomic E-state index is 0.0625. The van der Waals surface area contributed by atoms with Crippen molar-refractivity contribution in [3.05, 3.63) is 42.1 Å². The Labute approximate surface area is 143 Å². The smallest absolute Gasteiger partial charge is 0.253 e. The zero-order chi connectivity index (χ0) is 16.5. The van der Waals surface area contributed by atoms with Gasteiger partial charge in [-0.1, -0.05) is 11.3 Å². The van der Waals surface area contributed by atoms with Crippen LogP contribution in [0.3, 0.4) is 0 Å². The van der Waals surface area contributed by atoms with E-state index in [-0.39, 0.29) is 12.0 Å². The number of hydrogen-bond acceptors (Lipinski definition) is 5. The van der Waals surface area contributed by atoms with Crippen LogP contribution in [0.25, 0.3) is 20.9 Å². The molecule has 0 radical (unpaired) electrons. The zero-order valence-corrected chi connectivity index (χ0v) is 14.1. The Kier molecular flexibility index (Phi) is 4.00. The molecule has 0 aliphatic carbocycles. The number of pyridine rings is 1. The molecule has 1 fully saturated rings. The average Bonchev–Trinajstić information content (AvgIpc) is 3.26. The molecule has 0 spiro atoms. The average molecular weight is 339 g/mol. The summed E-state index contributed by atoms with van der Waals surface area (Å²) < 4.78 is 5.43. The van der Waals surface area contributed by atoms with Gasteiger partial charge < -0.3 is 10.1 Å². The van der Waals surface area contributed by atoms with E-state index in [2.05, 4.69) is 15.3 Å². The number of aryl methyl sites for hydroxylation is 1. The maximum atomic E-state index is 12.2. The molecule has 122 valence electrons. The van der Waals surface area contributed by atoms with Gasteiger partial charge in [-0.2, -0.15) is 0 Å². The van der Waals surface area contributed by atoms with Crippen LogP contribution in [0, 0.1) is 6.92 Å². The molecule has 1 aliphatic rings. The summed E-state index contributed by atoms with van der Waals surface area (Å²) in [4.78, 5) is 22.1. The number of thiazole rings is 1. The van der Waals surface area contributed by atoms with Crippen molar-refractivity contribution in [1.82, 2.24) is 9.97 Å². The molecule has 0 bridgehead atoms. The summed E-state index contributed by atoms with van der Waals surface area (Å²) in [6.07, 6.45) is 3.20. The van der Waals surface area contributed by atoms with Crippen LogP contribution >= 0.6 is 11.3 Å². The quantitative estimate of drug-likeness (QED) is 0.788. The molecule has 6 heteroatoms. The van der Waals surface area contributed by atoms with E-state index >= 15 is 0 Å². The van der Waals surface area contributed by atoms with Crippen LogP contribution in [0.5, 0.6) is 0 Å². The summed E-state index contributed by atoms with van der Waals surface area (Å²) in [6, 6.07) is 9.81. The van der Waals surface area contributed by atoms with Crippen molar-refractivity contribution in [1.29, 1.82) is 0 Å². The Morgan fingerprint density at radius 1 is 1.38 bits per heavy atom. The molecule has 0 unspecified atom stereocenters. The standard InChI is InChI=1S/C18H17N3O2S/c1-11-10-12(17-21-14-4-2-8-19-18(14)24-17)6-7-13(11)20-16(22)15-5-3-9-23-15/h2,4,6-8,10,15H,3,5,9H2,1H3,(H,20,22)/t15-/m1/s1. The van der Waals surface area contributed by atoms with Gasteiger partial charge in [-0.15, -0.1) is 0 Å². The van der Waals surface area contributed by atoms with Gasteiger partial charge in [0.15, 0.2) is 0 Å². The van der Waals surface area contributed by atoms with E-state index in [0.29, 0.717) is 6.61 Å². The number of amides is 1. The Hall–Kier alpha value is -2.31. The van der Waals surface area contributed by atoms with Crippen molar-refractivity contribution in [3.8, 4) is 10.6 Å². The molecule has 1 aliphatic heterocycles. The van der Waals surface area contributed by atoms with E-state index in [9.17, 15) is 4.79 Å². The van der Waals surface area contributed by atoms with Gasteiger partial charge in [-0.3, -0.25) is 4.79 Å². The lowest BCUT2D eigenvalue weighted by atomic mass is 10.1. The normalized spacial score (nSPS) is 17.3. The Balaban J connectivity index is 1.58. The summed E-state index contributed by atoms with van der Waals surface area (Å²) in [5.74, 6) is -0.0625. The fourth-order valence-electron chi connectivity index (χ4n) is 2.83. The van der Waals surface area contributed by atoms with Gasteiger partial charge in [0, 0.05) is 24.1 Å². The third-order valence-corrected chi connectivity index (χ3v) is 5.15. The van der Waals surface area contributed by atoms with Gasteiger partial charge in [0.1, 0.15) is 21.5 Å². The predicted octanol–water partition coefficient (Wildman–Crippen LogP) is 3.78. The lowest BCUT2D eigenvalue weighted by Crippen LogP contribution is -2.27. The van der Waals surface area contributed by atoms with E-state index in [1.54, 1.807) is 17.5 Å². The minimum Gasteiger partial charge on any atom is -0.368 e. The number of nitrogens with zero attached hydrogens (tertiary/aromatic N) is 2. The number of ether oxygens (including phenoxy) is 1. The number of rotatable bonds is 3. The van der Waals surface area contributed by atoms with E-state index in [0.717, 1.165) is 45.0 Å². The highest BCUT2D eigenvalue weighted by Gasteiger charge is 2.23. The number of anilines is 1. The first kappa shape index (κ1) is 15.2. The van der Waals surface area contributed by atoms with E-state index in [1.807, 2.05) is 37.3 Å². The number of nitrogens with one attached hydrogen (secondary N) is 1. The number of fused-ring (bicyclic) bond motifs is 1. The molecular weight excluding hydrogens is 322 g/mol. The Morgan fingerprint density at radius 3 is 3.04 bits per heavy atom. The molecule has 24 heavy (non-hydrogen) atoms. The SMILES string of the molecule is Cc1cc(-c2nc3cccnc3s2)ccc1NC(=O)[C@H]1CCCO1. The fourth-order valence-corrected chi connectivity index (χ4v) is 3.73. The number of carbonyl (C=O) groups excluding carboxylic acids is 1. The summed E-state index contributed by atoms with van der Waals surface area (Å²) in [5.41, 5.74) is 3.76. The summed E-state index contributed by atoms with van der Waals surface area (Å²) in [5, 5.41) is 3.90. The van der Waals surface area contributed by atoms with Crippen LogP contribution in [0.2, 0.25) is 0 Å². The highest BCUT2D eigenvalue weighted by molar-refractivity contribution is 7.21. The summed E-state index contributed by atoms with van der Waals surface area (Å²) in [7, 11) is 0. The molecule has 1 amide bonds. The van der Waals surface area contributed by atoms with Crippen molar-refractivity contribution in [2.45, 2.75) is 25.9 Å². The number of benzene rings is 1. The summed E-state index contributed by atoms with van der Waals surface area (Å²) in [6.45, 7) is 2.65. The van der Waals surface area contributed by atoms with Crippen LogP contribution in [0.15, 0.2) is 36.5 Å². The molecule has 3 aromatic rings. The van der Waals surface area contributed by atoms with Crippen LogP contribution in [-0.2, 0) is 9.53 Å². The van der Waals surface area contributed by atoms with Crippen LogP contribution in [0.1, 0.15) is 18.4 Å². The monoisotopic (exact) mass is 339 g/mol. The third kappa shape index (κ3) is 2.90. The van der Waals surface area contributed by atoms with Gasteiger partial charge in [0.05, 0.1) is 0 Å². The molecule has 1 saturated heterocycles.